The van der Waals surface area contributed by atoms with Gasteiger partial charge in [-0.3, -0.25) is 9.59 Å². The predicted octanol–water partition coefficient (Wildman–Crippen LogP) is 5.22. The Morgan fingerprint density at radius 3 is 2.42 bits per heavy atom. The Morgan fingerprint density at radius 1 is 0.917 bits per heavy atom. The van der Waals surface area contributed by atoms with Gasteiger partial charge in [0.15, 0.2) is 11.5 Å². The van der Waals surface area contributed by atoms with Gasteiger partial charge in [-0.15, -0.1) is 0 Å². The molecule has 0 fully saturated rings. The first-order valence-corrected chi connectivity index (χ1v) is 12.2. The number of anilines is 1. The summed E-state index contributed by atoms with van der Waals surface area (Å²) in [6.45, 7) is 6.98. The number of amides is 2. The molecule has 2 amide bonds. The van der Waals surface area contributed by atoms with Crippen LogP contribution in [0.5, 0.6) is 17.2 Å². The van der Waals surface area contributed by atoms with Crippen molar-refractivity contribution in [3.63, 3.8) is 0 Å². The molecule has 0 saturated heterocycles. The second-order valence-corrected chi connectivity index (χ2v) is 8.48. The molecule has 2 N–H and O–H groups in total. The second kappa shape index (κ2) is 13.3. The van der Waals surface area contributed by atoms with Crippen molar-refractivity contribution in [1.29, 1.82) is 0 Å². The lowest BCUT2D eigenvalue weighted by Crippen LogP contribution is -2.32. The molecule has 9 heteroatoms. The van der Waals surface area contributed by atoms with Crippen molar-refractivity contribution in [2.75, 3.05) is 18.5 Å². The molecule has 0 aliphatic heterocycles. The number of halogens is 1. The Hall–Kier alpha value is -3.85. The summed E-state index contributed by atoms with van der Waals surface area (Å²) in [5.74, 6) is -0.220. The summed E-state index contributed by atoms with van der Waals surface area (Å²) in [6.07, 6.45) is 1.41. The Balaban J connectivity index is 1.65. The number of hydrogen-bond acceptors (Lipinski definition) is 6. The van der Waals surface area contributed by atoms with Crippen molar-refractivity contribution in [1.82, 2.24) is 5.43 Å². The number of carbonyl (C=O) groups is 2. The van der Waals surface area contributed by atoms with Crippen LogP contribution < -0.4 is 25.0 Å². The van der Waals surface area contributed by atoms with Gasteiger partial charge < -0.3 is 19.5 Å². The summed E-state index contributed by atoms with van der Waals surface area (Å²) in [7, 11) is 0. The van der Waals surface area contributed by atoms with Gasteiger partial charge >= 0.3 is 11.8 Å². The van der Waals surface area contributed by atoms with Gasteiger partial charge in [-0.25, -0.2) is 5.43 Å². The zero-order valence-corrected chi connectivity index (χ0v) is 21.9. The largest absolute Gasteiger partial charge is 0.492 e. The number of hydrazone groups is 1. The van der Waals surface area contributed by atoms with Gasteiger partial charge in [0.05, 0.1) is 29.6 Å². The van der Waals surface area contributed by atoms with E-state index in [1.54, 1.807) is 36.4 Å². The summed E-state index contributed by atoms with van der Waals surface area (Å²) in [5.41, 5.74) is 5.46. The van der Waals surface area contributed by atoms with Crippen LogP contribution in [0.25, 0.3) is 0 Å². The minimum atomic E-state index is -0.917. The molecular weight excluding hydrogens is 526 g/mol. The topological polar surface area (TPSA) is 98.2 Å². The Morgan fingerprint density at radius 2 is 1.67 bits per heavy atom. The molecule has 0 aliphatic carbocycles. The zero-order chi connectivity index (χ0) is 25.9. The number of benzene rings is 3. The molecule has 8 nitrogen and oxygen atoms in total. The minimum absolute atomic E-state index is 0.380. The summed E-state index contributed by atoms with van der Waals surface area (Å²) in [5, 5.41) is 6.43. The molecule has 3 aromatic rings. The van der Waals surface area contributed by atoms with Crippen LogP contribution in [0.2, 0.25) is 0 Å². The molecule has 0 aliphatic rings. The predicted molar refractivity (Wildman–Crippen MR) is 143 cm³/mol. The van der Waals surface area contributed by atoms with Crippen molar-refractivity contribution in [3.8, 4) is 17.2 Å². The van der Waals surface area contributed by atoms with E-state index in [1.165, 1.54) is 6.21 Å². The minimum Gasteiger partial charge on any atom is -0.492 e. The first kappa shape index (κ1) is 26.7. The van der Waals surface area contributed by atoms with Gasteiger partial charge in [0.1, 0.15) is 12.4 Å². The third-order valence-corrected chi connectivity index (χ3v) is 5.41. The maximum atomic E-state index is 12.3. The fraction of sp³-hybridized carbons (Fsp3) is 0.222. The van der Waals surface area contributed by atoms with Crippen LogP contribution in [0.4, 0.5) is 5.69 Å². The summed E-state index contributed by atoms with van der Waals surface area (Å²) < 4.78 is 17.9. The standard InChI is InChI=1S/C27H28BrN3O5/c1-4-34-23-12-7-6-11-22(23)30-26(32)27(33)31-29-16-20-14-21(28)25(24(15-20)35-5-2)36-17-19-10-8-9-18(3)13-19/h6-16H,4-5,17H2,1-3H3,(H,30,32)(H,31,33)/b29-16+. The molecule has 0 saturated carbocycles. The summed E-state index contributed by atoms with van der Waals surface area (Å²) >= 11 is 3.53. The van der Waals surface area contributed by atoms with E-state index in [0.29, 0.717) is 52.8 Å². The van der Waals surface area contributed by atoms with Crippen LogP contribution in [0.1, 0.15) is 30.5 Å². The van der Waals surface area contributed by atoms with Crippen LogP contribution >= 0.6 is 15.9 Å². The molecular formula is C27H28BrN3O5. The third kappa shape index (κ3) is 7.58. The van der Waals surface area contributed by atoms with Gasteiger partial charge in [-0.2, -0.15) is 5.10 Å². The van der Waals surface area contributed by atoms with Crippen molar-refractivity contribution >= 4 is 39.6 Å². The number of nitrogens with one attached hydrogen (secondary N) is 2. The highest BCUT2D eigenvalue weighted by Gasteiger charge is 2.16. The van der Waals surface area contributed by atoms with Crippen LogP contribution in [0.15, 0.2) is 70.2 Å². The Kier molecular flexibility index (Phi) is 9.88. The summed E-state index contributed by atoms with van der Waals surface area (Å²) in [6, 6.07) is 18.5. The molecule has 0 heterocycles. The molecule has 36 heavy (non-hydrogen) atoms. The fourth-order valence-corrected chi connectivity index (χ4v) is 3.84. The van der Waals surface area contributed by atoms with Crippen LogP contribution in [0.3, 0.4) is 0 Å². The molecule has 0 unspecified atom stereocenters. The van der Waals surface area contributed by atoms with Crippen LogP contribution in [-0.4, -0.2) is 31.2 Å². The van der Waals surface area contributed by atoms with E-state index in [0.717, 1.165) is 11.1 Å². The molecule has 3 rings (SSSR count). The van der Waals surface area contributed by atoms with Crippen LogP contribution in [0, 0.1) is 6.92 Å². The van der Waals surface area contributed by atoms with E-state index in [-0.39, 0.29) is 0 Å². The van der Waals surface area contributed by atoms with Crippen molar-refractivity contribution in [2.24, 2.45) is 5.10 Å². The average Bonchev–Trinajstić information content (AvgIpc) is 2.85. The van der Waals surface area contributed by atoms with E-state index < -0.39 is 11.8 Å². The smallest absolute Gasteiger partial charge is 0.329 e. The molecule has 0 bridgehead atoms. The molecule has 3 aromatic carbocycles. The molecule has 0 spiro atoms. The van der Waals surface area contributed by atoms with Crippen molar-refractivity contribution in [2.45, 2.75) is 27.4 Å². The first-order chi connectivity index (χ1) is 17.4. The quantitative estimate of drug-likeness (QED) is 0.203. The molecule has 188 valence electrons. The molecule has 0 atom stereocenters. The average molecular weight is 554 g/mol. The molecule has 0 radical (unpaired) electrons. The number of carbonyl (C=O) groups excluding carboxylic acids is 2. The van der Waals surface area contributed by atoms with E-state index in [4.69, 9.17) is 14.2 Å². The maximum Gasteiger partial charge on any atom is 0.329 e. The number of para-hydroxylation sites is 2. The van der Waals surface area contributed by atoms with Crippen molar-refractivity contribution < 1.29 is 23.8 Å². The second-order valence-electron chi connectivity index (χ2n) is 7.62. The van der Waals surface area contributed by atoms with E-state index in [2.05, 4.69) is 37.8 Å². The van der Waals surface area contributed by atoms with Crippen LogP contribution in [-0.2, 0) is 16.2 Å². The number of nitrogens with zero attached hydrogens (tertiary/aromatic N) is 1. The zero-order valence-electron chi connectivity index (χ0n) is 20.3. The third-order valence-electron chi connectivity index (χ3n) is 4.82. The lowest BCUT2D eigenvalue weighted by atomic mass is 10.1. The Labute approximate surface area is 218 Å². The van der Waals surface area contributed by atoms with Gasteiger partial charge in [0.2, 0.25) is 0 Å². The highest BCUT2D eigenvalue weighted by atomic mass is 79.9. The lowest BCUT2D eigenvalue weighted by molar-refractivity contribution is -0.136. The van der Waals surface area contributed by atoms with E-state index in [9.17, 15) is 9.59 Å². The highest BCUT2D eigenvalue weighted by Crippen LogP contribution is 2.37. The Bertz CT molecular complexity index is 1250. The van der Waals surface area contributed by atoms with Gasteiger partial charge in [0, 0.05) is 0 Å². The monoisotopic (exact) mass is 553 g/mol. The maximum absolute atomic E-state index is 12.3. The normalized spacial score (nSPS) is 10.7. The van der Waals surface area contributed by atoms with E-state index in [1.807, 2.05) is 39.0 Å². The van der Waals surface area contributed by atoms with Gasteiger partial charge in [-0.1, -0.05) is 42.0 Å². The fourth-order valence-electron chi connectivity index (χ4n) is 3.27. The number of aryl methyl sites for hydroxylation is 1. The highest BCUT2D eigenvalue weighted by molar-refractivity contribution is 9.10. The number of rotatable bonds is 10. The van der Waals surface area contributed by atoms with Gasteiger partial charge in [0.25, 0.3) is 0 Å². The van der Waals surface area contributed by atoms with Crippen molar-refractivity contribution in [3.05, 3.63) is 81.8 Å². The number of hydrogen-bond donors (Lipinski definition) is 2. The summed E-state index contributed by atoms with van der Waals surface area (Å²) in [4.78, 5) is 24.5. The molecule has 0 aromatic heterocycles. The SMILES string of the molecule is CCOc1ccccc1NC(=O)C(=O)N/N=C/c1cc(Br)c(OCc2cccc(C)c2)c(OCC)c1. The first-order valence-electron chi connectivity index (χ1n) is 11.4. The number of ether oxygens (including phenoxy) is 3. The lowest BCUT2D eigenvalue weighted by Gasteiger charge is -2.15. The van der Waals surface area contributed by atoms with E-state index >= 15 is 0 Å². The van der Waals surface area contributed by atoms with Gasteiger partial charge in [-0.05, 0) is 72.1 Å².